The van der Waals surface area contributed by atoms with Gasteiger partial charge in [-0.25, -0.2) is 0 Å². The first-order valence-electron chi connectivity index (χ1n) is 1.88. The summed E-state index contributed by atoms with van der Waals surface area (Å²) in [5, 5.41) is 0. The van der Waals surface area contributed by atoms with Gasteiger partial charge in [0.05, 0.1) is 0 Å². The van der Waals surface area contributed by atoms with Crippen molar-refractivity contribution < 1.29 is 4.79 Å². The summed E-state index contributed by atoms with van der Waals surface area (Å²) in [5.74, 6) is 4.70. The Kier molecular flexibility index (Phi) is 2.70. The van der Waals surface area contributed by atoms with E-state index < -0.39 is 0 Å². The summed E-state index contributed by atoms with van der Waals surface area (Å²) < 4.78 is 0. The van der Waals surface area contributed by atoms with Crippen LogP contribution in [0.4, 0.5) is 0 Å². The van der Waals surface area contributed by atoms with E-state index in [1.807, 2.05) is 0 Å². The van der Waals surface area contributed by atoms with Gasteiger partial charge in [-0.2, -0.15) is 0 Å². The van der Waals surface area contributed by atoms with Gasteiger partial charge in [0.15, 0.2) is 6.29 Å². The van der Waals surface area contributed by atoms with Crippen molar-refractivity contribution in [3.63, 3.8) is 0 Å². The maximum absolute atomic E-state index is 9.49. The quantitative estimate of drug-likeness (QED) is 0.320. The topological polar surface area (TPSA) is 17.1 Å². The normalized spacial score (nSPS) is 5.86. The third-order valence-electron chi connectivity index (χ3n) is 0.344. The van der Waals surface area contributed by atoms with E-state index in [-0.39, 0.29) is 0 Å². The molecule has 0 bridgehead atoms. The minimum atomic E-state index is 0.550. The fourth-order valence-corrected chi connectivity index (χ4v) is 0.153. The van der Waals surface area contributed by atoms with Crippen molar-refractivity contribution in [3.8, 4) is 11.8 Å². The van der Waals surface area contributed by atoms with Crippen molar-refractivity contribution in [1.82, 2.24) is 0 Å². The molecule has 0 aliphatic carbocycles. The van der Waals surface area contributed by atoms with E-state index in [0.717, 1.165) is 0 Å². The lowest BCUT2D eigenvalue weighted by Gasteiger charge is -1.69. The zero-order valence-electron chi connectivity index (χ0n) is 4.19. The maximum atomic E-state index is 9.49. The fraction of sp³-hybridized carbons (Fsp3) is 0.167. The van der Waals surface area contributed by atoms with Crippen LogP contribution in [-0.2, 0) is 4.79 Å². The van der Waals surface area contributed by atoms with Gasteiger partial charge in [0.1, 0.15) is 0 Å². The molecule has 0 fully saturated rings. The summed E-state index contributed by atoms with van der Waals surface area (Å²) in [5.41, 5.74) is 0.715. The Hall–Kier alpha value is -1.03. The van der Waals surface area contributed by atoms with Gasteiger partial charge < -0.3 is 0 Å². The van der Waals surface area contributed by atoms with Crippen molar-refractivity contribution in [2.24, 2.45) is 0 Å². The smallest absolute Gasteiger partial charge is 0.193 e. The van der Waals surface area contributed by atoms with Crippen molar-refractivity contribution in [1.29, 1.82) is 0 Å². The number of hydrogen-bond acceptors (Lipinski definition) is 1. The van der Waals surface area contributed by atoms with E-state index in [0.29, 0.717) is 11.9 Å². The Balaban J connectivity index is 3.66. The number of hydrogen-bond donors (Lipinski definition) is 0. The van der Waals surface area contributed by atoms with Crippen LogP contribution in [0.3, 0.4) is 0 Å². The van der Waals surface area contributed by atoms with Crippen LogP contribution in [0.5, 0.6) is 0 Å². The van der Waals surface area contributed by atoms with Crippen LogP contribution >= 0.6 is 0 Å². The first-order chi connectivity index (χ1) is 3.27. The highest BCUT2D eigenvalue weighted by atomic mass is 16.1. The minimum absolute atomic E-state index is 0.550. The lowest BCUT2D eigenvalue weighted by molar-refractivity contribution is -0.103. The van der Waals surface area contributed by atoms with Gasteiger partial charge in [-0.15, -0.1) is 0 Å². The van der Waals surface area contributed by atoms with Crippen LogP contribution in [0.1, 0.15) is 6.92 Å². The van der Waals surface area contributed by atoms with Gasteiger partial charge in [0.2, 0.25) is 0 Å². The second-order valence-electron chi connectivity index (χ2n) is 1.17. The number of aldehydes is 1. The number of rotatable bonds is 0. The highest BCUT2D eigenvalue weighted by Crippen LogP contribution is 1.76. The Bertz CT molecular complexity index is 134. The molecule has 0 aromatic rings. The highest BCUT2D eigenvalue weighted by molar-refractivity contribution is 5.73. The first-order valence-corrected chi connectivity index (χ1v) is 1.88. The third-order valence-corrected chi connectivity index (χ3v) is 0.344. The summed E-state index contributed by atoms with van der Waals surface area (Å²) in [7, 11) is 0. The summed E-state index contributed by atoms with van der Waals surface area (Å²) >= 11 is 0. The SMILES string of the molecule is C=C(C)C#CC=O. The van der Waals surface area contributed by atoms with Gasteiger partial charge in [-0.05, 0) is 18.4 Å². The number of carbonyl (C=O) groups is 1. The standard InChI is InChI=1S/C6H6O/c1-6(2)4-3-5-7/h5H,1H2,2H3. The minimum Gasteiger partial charge on any atom is -0.289 e. The van der Waals surface area contributed by atoms with Gasteiger partial charge in [0.25, 0.3) is 0 Å². The Labute approximate surface area is 43.0 Å². The molecule has 1 heteroatoms. The van der Waals surface area contributed by atoms with Crippen molar-refractivity contribution in [2.45, 2.75) is 6.92 Å². The predicted molar refractivity (Wildman–Crippen MR) is 28.7 cm³/mol. The molecule has 0 unspecified atom stereocenters. The molecule has 0 aliphatic heterocycles. The van der Waals surface area contributed by atoms with Gasteiger partial charge in [-0.1, -0.05) is 12.5 Å². The third kappa shape index (κ3) is 4.97. The zero-order chi connectivity index (χ0) is 5.70. The van der Waals surface area contributed by atoms with Crippen molar-refractivity contribution in [3.05, 3.63) is 12.2 Å². The van der Waals surface area contributed by atoms with Crippen LogP contribution in [0.15, 0.2) is 12.2 Å². The van der Waals surface area contributed by atoms with Crippen LogP contribution < -0.4 is 0 Å². The highest BCUT2D eigenvalue weighted by Gasteiger charge is 1.65. The molecule has 7 heavy (non-hydrogen) atoms. The van der Waals surface area contributed by atoms with Crippen molar-refractivity contribution in [2.75, 3.05) is 0 Å². The van der Waals surface area contributed by atoms with E-state index in [1.54, 1.807) is 6.92 Å². The summed E-state index contributed by atoms with van der Waals surface area (Å²) in [6.07, 6.45) is 0.550. The number of carbonyl (C=O) groups excluding carboxylic acids is 1. The Morgan fingerprint density at radius 2 is 2.43 bits per heavy atom. The molecule has 36 valence electrons. The lowest BCUT2D eigenvalue weighted by Crippen LogP contribution is -1.62. The lowest BCUT2D eigenvalue weighted by atomic mass is 10.4. The summed E-state index contributed by atoms with van der Waals surface area (Å²) in [6, 6.07) is 0. The van der Waals surface area contributed by atoms with E-state index in [4.69, 9.17) is 0 Å². The van der Waals surface area contributed by atoms with Crippen LogP contribution in [-0.4, -0.2) is 6.29 Å². The molecule has 1 nitrogen and oxygen atoms in total. The molecule has 0 amide bonds. The average molecular weight is 94.1 g/mol. The molecular formula is C6H6O. The average Bonchev–Trinajstić information content (AvgIpc) is 1.61. The van der Waals surface area contributed by atoms with Crippen LogP contribution in [0, 0.1) is 11.8 Å². The maximum Gasteiger partial charge on any atom is 0.193 e. The van der Waals surface area contributed by atoms with Gasteiger partial charge >= 0.3 is 0 Å². The Morgan fingerprint density at radius 3 is 2.57 bits per heavy atom. The van der Waals surface area contributed by atoms with E-state index in [2.05, 4.69) is 18.4 Å². The predicted octanol–water partition coefficient (Wildman–Crippen LogP) is 0.765. The molecule has 0 radical (unpaired) electrons. The van der Waals surface area contributed by atoms with E-state index in [9.17, 15) is 4.79 Å². The molecule has 0 spiro atoms. The van der Waals surface area contributed by atoms with E-state index in [1.165, 1.54) is 0 Å². The number of allylic oxidation sites excluding steroid dienone is 1. The van der Waals surface area contributed by atoms with Crippen molar-refractivity contribution >= 4 is 6.29 Å². The monoisotopic (exact) mass is 94.0 g/mol. The molecule has 0 saturated carbocycles. The van der Waals surface area contributed by atoms with Crippen LogP contribution in [0.25, 0.3) is 0 Å². The van der Waals surface area contributed by atoms with Crippen LogP contribution in [0.2, 0.25) is 0 Å². The summed E-state index contributed by atoms with van der Waals surface area (Å²) in [4.78, 5) is 9.49. The van der Waals surface area contributed by atoms with E-state index >= 15 is 0 Å². The molecule has 0 aromatic heterocycles. The molecule has 0 N–H and O–H groups in total. The largest absolute Gasteiger partial charge is 0.289 e. The van der Waals surface area contributed by atoms with Gasteiger partial charge in [-0.3, -0.25) is 4.79 Å². The molecule has 0 saturated heterocycles. The molecule has 0 heterocycles. The molecule has 0 rings (SSSR count). The first kappa shape index (κ1) is 5.97. The summed E-state index contributed by atoms with van der Waals surface area (Å²) in [6.45, 7) is 5.21. The molecule has 0 aromatic carbocycles. The Morgan fingerprint density at radius 1 is 1.86 bits per heavy atom. The fourth-order valence-electron chi connectivity index (χ4n) is 0.153. The molecule has 0 atom stereocenters. The second kappa shape index (κ2) is 3.17. The zero-order valence-corrected chi connectivity index (χ0v) is 4.19. The second-order valence-corrected chi connectivity index (χ2v) is 1.17. The van der Waals surface area contributed by atoms with Gasteiger partial charge in [0, 0.05) is 0 Å². The molecule has 0 aliphatic rings. The molecular weight excluding hydrogens is 88.1 g/mol.